The summed E-state index contributed by atoms with van der Waals surface area (Å²) in [4.78, 5) is 23.6. The standard InChI is InChI=1S/2C21H18BrNO3/c2*1-11(24)12-5-6-18-15(7-12)13-3-2-4-14(13)21(23-18)16-8-19-20(9-17(16)22)26-10-25-19/h2*2-3,5-9,13-14,21,23H,4,10H2,1H3/t2*13-,14+,21-/m10/s1. The molecular formula is C42H36Br2N2O6. The van der Waals surface area contributed by atoms with Gasteiger partial charge in [-0.2, -0.15) is 0 Å². The van der Waals surface area contributed by atoms with Crippen LogP contribution in [-0.2, 0) is 0 Å². The Bertz CT molecular complexity index is 2060. The Kier molecular flexibility index (Phi) is 8.42. The molecule has 0 radical (unpaired) electrons. The number of benzene rings is 4. The first-order valence-electron chi connectivity index (χ1n) is 17.6. The summed E-state index contributed by atoms with van der Waals surface area (Å²) in [6, 6.07) is 20.4. The van der Waals surface area contributed by atoms with E-state index >= 15 is 0 Å². The van der Waals surface area contributed by atoms with Crippen molar-refractivity contribution in [2.45, 2.75) is 50.6 Å². The van der Waals surface area contributed by atoms with E-state index in [0.29, 0.717) is 23.7 Å². The molecule has 0 spiro atoms. The zero-order valence-corrected chi connectivity index (χ0v) is 31.8. The van der Waals surface area contributed by atoms with Gasteiger partial charge in [0, 0.05) is 43.3 Å². The molecule has 4 aromatic rings. The van der Waals surface area contributed by atoms with Crippen LogP contribution in [0.15, 0.2) is 93.9 Å². The van der Waals surface area contributed by atoms with Gasteiger partial charge in [-0.05, 0) is 121 Å². The summed E-state index contributed by atoms with van der Waals surface area (Å²) >= 11 is 7.42. The normalized spacial score (nSPS) is 24.8. The monoisotopic (exact) mass is 822 g/mol. The number of fused-ring (bicyclic) bond motifs is 8. The molecule has 0 aromatic heterocycles. The van der Waals surface area contributed by atoms with Gasteiger partial charge in [0.05, 0.1) is 12.1 Å². The Morgan fingerprint density at radius 1 is 0.577 bits per heavy atom. The number of carbonyl (C=O) groups excluding carboxylic acids is 2. The Morgan fingerprint density at radius 3 is 1.38 bits per heavy atom. The zero-order chi connectivity index (χ0) is 35.7. The summed E-state index contributed by atoms with van der Waals surface area (Å²) in [5.41, 5.74) is 8.51. The molecular weight excluding hydrogens is 788 g/mol. The lowest BCUT2D eigenvalue weighted by atomic mass is 9.76. The van der Waals surface area contributed by atoms with E-state index in [1.54, 1.807) is 13.8 Å². The van der Waals surface area contributed by atoms with E-state index in [2.05, 4.69) is 78.9 Å². The van der Waals surface area contributed by atoms with Crippen molar-refractivity contribution < 1.29 is 28.5 Å². The average Bonchev–Trinajstić information content (AvgIpc) is 3.97. The molecule has 2 N–H and O–H groups in total. The fourth-order valence-corrected chi connectivity index (χ4v) is 9.72. The van der Waals surface area contributed by atoms with Crippen molar-refractivity contribution in [3.05, 3.63) is 127 Å². The molecule has 0 bridgehead atoms. The first-order valence-corrected chi connectivity index (χ1v) is 19.2. The van der Waals surface area contributed by atoms with Crippen molar-refractivity contribution >= 4 is 54.8 Å². The topological polar surface area (TPSA) is 95.1 Å². The third-order valence-electron chi connectivity index (χ3n) is 11.2. The minimum atomic E-state index is 0.104. The lowest BCUT2D eigenvalue weighted by Crippen LogP contribution is -2.29. The number of hydrogen-bond acceptors (Lipinski definition) is 8. The second-order valence-electron chi connectivity index (χ2n) is 14.1. The summed E-state index contributed by atoms with van der Waals surface area (Å²) in [6.07, 6.45) is 11.1. The van der Waals surface area contributed by atoms with Crippen molar-refractivity contribution in [3.8, 4) is 23.0 Å². The smallest absolute Gasteiger partial charge is 0.231 e. The molecule has 6 aliphatic rings. The number of anilines is 2. The fourth-order valence-electron chi connectivity index (χ4n) is 8.58. The molecule has 0 amide bonds. The van der Waals surface area contributed by atoms with Crippen LogP contribution in [0.2, 0.25) is 0 Å². The van der Waals surface area contributed by atoms with Crippen LogP contribution in [-0.4, -0.2) is 25.2 Å². The highest BCUT2D eigenvalue weighted by Crippen LogP contribution is 2.54. The molecule has 264 valence electrons. The van der Waals surface area contributed by atoms with Gasteiger partial charge in [-0.3, -0.25) is 9.59 Å². The van der Waals surface area contributed by atoms with Crippen molar-refractivity contribution in [1.29, 1.82) is 0 Å². The minimum Gasteiger partial charge on any atom is -0.454 e. The molecule has 6 atom stereocenters. The maximum absolute atomic E-state index is 11.8. The van der Waals surface area contributed by atoms with Gasteiger partial charge in [-0.1, -0.05) is 56.2 Å². The van der Waals surface area contributed by atoms with Crippen LogP contribution in [0.4, 0.5) is 11.4 Å². The van der Waals surface area contributed by atoms with E-state index < -0.39 is 0 Å². The first-order chi connectivity index (χ1) is 25.2. The zero-order valence-electron chi connectivity index (χ0n) is 28.6. The predicted molar refractivity (Wildman–Crippen MR) is 206 cm³/mol. The third-order valence-corrected chi connectivity index (χ3v) is 12.6. The number of ether oxygens (including phenoxy) is 4. The Morgan fingerprint density at radius 2 is 0.981 bits per heavy atom. The van der Waals surface area contributed by atoms with Crippen LogP contribution in [0.5, 0.6) is 23.0 Å². The van der Waals surface area contributed by atoms with Crippen LogP contribution < -0.4 is 29.6 Å². The van der Waals surface area contributed by atoms with Gasteiger partial charge in [-0.25, -0.2) is 0 Å². The van der Waals surface area contributed by atoms with E-state index in [9.17, 15) is 9.59 Å². The number of halogens is 2. The summed E-state index contributed by atoms with van der Waals surface area (Å²) in [7, 11) is 0. The molecule has 4 heterocycles. The number of carbonyl (C=O) groups is 2. The van der Waals surface area contributed by atoms with E-state index in [4.69, 9.17) is 18.9 Å². The maximum Gasteiger partial charge on any atom is 0.231 e. The number of allylic oxidation sites excluding steroid dienone is 4. The highest BCUT2D eigenvalue weighted by molar-refractivity contribution is 9.10. The second-order valence-corrected chi connectivity index (χ2v) is 15.8. The highest BCUT2D eigenvalue weighted by atomic mass is 79.9. The molecule has 0 fully saturated rings. The van der Waals surface area contributed by atoms with Gasteiger partial charge in [-0.15, -0.1) is 0 Å². The number of hydrogen-bond donors (Lipinski definition) is 2. The van der Waals surface area contributed by atoms with Gasteiger partial charge in [0.25, 0.3) is 0 Å². The van der Waals surface area contributed by atoms with Crippen molar-refractivity contribution in [2.75, 3.05) is 24.2 Å². The Balaban J connectivity index is 0.000000138. The molecule has 0 saturated heterocycles. The molecule has 8 nitrogen and oxygen atoms in total. The molecule has 0 unspecified atom stereocenters. The third kappa shape index (κ3) is 5.71. The van der Waals surface area contributed by atoms with Crippen LogP contribution in [0.3, 0.4) is 0 Å². The molecule has 0 saturated carbocycles. The predicted octanol–water partition coefficient (Wildman–Crippen LogP) is 10.4. The summed E-state index contributed by atoms with van der Waals surface area (Å²) in [5, 5.41) is 7.41. The highest BCUT2D eigenvalue weighted by Gasteiger charge is 2.41. The Hall–Kier alpha value is -4.54. The van der Waals surface area contributed by atoms with Gasteiger partial charge >= 0.3 is 0 Å². The van der Waals surface area contributed by atoms with E-state index in [1.807, 2.05) is 48.5 Å². The summed E-state index contributed by atoms with van der Waals surface area (Å²) in [6.45, 7) is 3.78. The van der Waals surface area contributed by atoms with Crippen molar-refractivity contribution in [2.24, 2.45) is 11.8 Å². The number of nitrogens with one attached hydrogen (secondary N) is 2. The van der Waals surface area contributed by atoms with Crippen LogP contribution in [0, 0.1) is 11.8 Å². The maximum atomic E-state index is 11.8. The van der Waals surface area contributed by atoms with Crippen LogP contribution >= 0.6 is 31.9 Å². The molecule has 10 rings (SSSR count). The van der Waals surface area contributed by atoms with Crippen LogP contribution in [0.1, 0.15) is 93.6 Å². The fraction of sp³-hybridized carbons (Fsp3) is 0.286. The summed E-state index contributed by atoms with van der Waals surface area (Å²) in [5.74, 6) is 4.80. The number of ketones is 2. The van der Waals surface area contributed by atoms with E-state index in [1.165, 1.54) is 22.3 Å². The van der Waals surface area contributed by atoms with Crippen molar-refractivity contribution in [1.82, 2.24) is 0 Å². The van der Waals surface area contributed by atoms with Gasteiger partial charge < -0.3 is 29.6 Å². The number of Topliss-reactive ketones (excluding diaryl/α,β-unsaturated/α-hetero) is 2. The van der Waals surface area contributed by atoms with E-state index in [-0.39, 0.29) is 37.2 Å². The lowest BCUT2D eigenvalue weighted by molar-refractivity contribution is 0.100. The quantitative estimate of drug-likeness (QED) is 0.155. The van der Waals surface area contributed by atoms with Gasteiger partial charge in [0.2, 0.25) is 13.6 Å². The molecule has 52 heavy (non-hydrogen) atoms. The molecule has 2 aliphatic carbocycles. The van der Waals surface area contributed by atoms with Crippen LogP contribution in [0.25, 0.3) is 0 Å². The SMILES string of the molecule is CC(=O)c1ccc2c(c1)[C@@H]1C=CC[C@@H]1[C@H](c1cc3c(cc1Br)OCO3)N2.CC(=O)c1ccc2c(c1)[C@H]1C=CC[C@H]1[C@@H](c1cc3c(cc1Br)OCO3)N2. The minimum absolute atomic E-state index is 0.104. The van der Waals surface area contributed by atoms with E-state index in [0.717, 1.165) is 67.3 Å². The largest absolute Gasteiger partial charge is 0.454 e. The molecule has 10 heteroatoms. The molecule has 4 aromatic carbocycles. The van der Waals surface area contributed by atoms with Gasteiger partial charge in [0.15, 0.2) is 34.6 Å². The lowest BCUT2D eigenvalue weighted by Gasteiger charge is -2.38. The van der Waals surface area contributed by atoms with Gasteiger partial charge in [0.1, 0.15) is 0 Å². The number of rotatable bonds is 4. The first kappa shape index (κ1) is 33.3. The summed E-state index contributed by atoms with van der Waals surface area (Å²) < 4.78 is 24.2. The average molecular weight is 825 g/mol. The molecule has 4 aliphatic heterocycles. The Labute approximate surface area is 318 Å². The van der Waals surface area contributed by atoms with Crippen molar-refractivity contribution in [3.63, 3.8) is 0 Å². The second kappa shape index (κ2) is 13.1.